The van der Waals surface area contributed by atoms with Gasteiger partial charge in [0, 0.05) is 37.2 Å². The van der Waals surface area contributed by atoms with Crippen molar-refractivity contribution in [2.45, 2.75) is 27.3 Å². The molecule has 1 fully saturated rings. The highest BCUT2D eigenvalue weighted by atomic mass is 79.9. The molecule has 8 nitrogen and oxygen atoms in total. The predicted molar refractivity (Wildman–Crippen MR) is 166 cm³/mol. The summed E-state index contributed by atoms with van der Waals surface area (Å²) in [4.78, 5) is 26.6. The average Bonchev–Trinajstić information content (AvgIpc) is 2.99. The van der Waals surface area contributed by atoms with Crippen molar-refractivity contribution in [2.75, 3.05) is 37.7 Å². The van der Waals surface area contributed by atoms with E-state index >= 15 is 0 Å². The van der Waals surface area contributed by atoms with Crippen LogP contribution in [0, 0.1) is 25.2 Å². The molecular formula is C33H32BrN5O3. The van der Waals surface area contributed by atoms with E-state index in [0.29, 0.717) is 17.3 Å². The number of hydrogen-bond donors (Lipinski definition) is 0. The third-order valence-electron chi connectivity index (χ3n) is 7.19. The third kappa shape index (κ3) is 6.78. The summed E-state index contributed by atoms with van der Waals surface area (Å²) in [6, 6.07) is 22.1. The lowest BCUT2D eigenvalue weighted by Crippen LogP contribution is -2.46. The molecule has 0 spiro atoms. The van der Waals surface area contributed by atoms with Crippen molar-refractivity contribution >= 4 is 27.8 Å². The summed E-state index contributed by atoms with van der Waals surface area (Å²) >= 11 is 3.55. The molecule has 0 aliphatic carbocycles. The van der Waals surface area contributed by atoms with Gasteiger partial charge in [0.25, 0.3) is 0 Å². The number of anilines is 1. The Bertz CT molecular complexity index is 1600. The van der Waals surface area contributed by atoms with Crippen LogP contribution in [0.5, 0.6) is 11.6 Å². The van der Waals surface area contributed by atoms with Crippen molar-refractivity contribution in [2.24, 2.45) is 0 Å². The van der Waals surface area contributed by atoms with E-state index in [0.717, 1.165) is 59.5 Å². The molecule has 42 heavy (non-hydrogen) atoms. The molecular weight excluding hydrogens is 594 g/mol. The van der Waals surface area contributed by atoms with E-state index in [1.54, 1.807) is 19.1 Å². The van der Waals surface area contributed by atoms with Crippen LogP contribution in [-0.4, -0.2) is 53.6 Å². The zero-order valence-corrected chi connectivity index (χ0v) is 25.5. The van der Waals surface area contributed by atoms with Crippen molar-refractivity contribution in [1.29, 1.82) is 5.26 Å². The van der Waals surface area contributed by atoms with Gasteiger partial charge in [-0.05, 0) is 85.0 Å². The summed E-state index contributed by atoms with van der Waals surface area (Å²) in [5.74, 6) is 0.792. The van der Waals surface area contributed by atoms with Crippen LogP contribution in [0.15, 0.2) is 71.3 Å². The number of piperazine rings is 1. The number of carbonyl (C=O) groups is 1. The molecule has 4 aromatic rings. The number of rotatable bonds is 8. The standard InChI is InChI=1S/C33H32BrN5O3/c1-4-41-32(40)29-20-36-33(39-14-12-38(13-15-39)21-25-6-5-7-28(34)18-25)37-31(29)42-30-22(2)16-27(17-23(30)3)26-10-8-24(19-35)9-11-26/h5-11,16-18,20H,4,12-15,21H2,1-3H3. The number of hydrogen-bond acceptors (Lipinski definition) is 8. The van der Waals surface area contributed by atoms with Gasteiger partial charge in [-0.25, -0.2) is 9.78 Å². The van der Waals surface area contributed by atoms with E-state index in [4.69, 9.17) is 19.7 Å². The lowest BCUT2D eigenvalue weighted by atomic mass is 9.99. The summed E-state index contributed by atoms with van der Waals surface area (Å²) in [6.45, 7) is 10.0. The number of benzene rings is 3. The molecule has 0 radical (unpaired) electrons. The van der Waals surface area contributed by atoms with Crippen molar-refractivity contribution in [3.8, 4) is 28.8 Å². The van der Waals surface area contributed by atoms with Gasteiger partial charge in [-0.1, -0.05) is 40.2 Å². The van der Waals surface area contributed by atoms with Gasteiger partial charge in [-0.3, -0.25) is 4.90 Å². The van der Waals surface area contributed by atoms with Crippen molar-refractivity contribution in [1.82, 2.24) is 14.9 Å². The number of nitrogens with zero attached hydrogens (tertiary/aromatic N) is 5. The molecule has 0 amide bonds. The quantitative estimate of drug-likeness (QED) is 0.200. The van der Waals surface area contributed by atoms with E-state index < -0.39 is 5.97 Å². The number of halogens is 1. The predicted octanol–water partition coefficient (Wildman–Crippen LogP) is 6.69. The lowest BCUT2D eigenvalue weighted by molar-refractivity contribution is 0.0522. The first-order valence-electron chi connectivity index (χ1n) is 13.9. The first-order valence-corrected chi connectivity index (χ1v) is 14.7. The molecule has 0 N–H and O–H groups in total. The maximum absolute atomic E-state index is 12.8. The van der Waals surface area contributed by atoms with E-state index in [1.165, 1.54) is 11.8 Å². The van der Waals surface area contributed by atoms with Gasteiger partial charge < -0.3 is 14.4 Å². The van der Waals surface area contributed by atoms with Gasteiger partial charge in [0.05, 0.1) is 24.4 Å². The highest BCUT2D eigenvalue weighted by Gasteiger charge is 2.24. The molecule has 1 aliphatic rings. The molecule has 2 heterocycles. The third-order valence-corrected chi connectivity index (χ3v) is 7.69. The molecule has 1 aliphatic heterocycles. The fraction of sp³-hybridized carbons (Fsp3) is 0.273. The van der Waals surface area contributed by atoms with E-state index in [9.17, 15) is 4.79 Å². The summed E-state index contributed by atoms with van der Waals surface area (Å²) in [5.41, 5.74) is 5.86. The molecule has 0 unspecified atom stereocenters. The van der Waals surface area contributed by atoms with Crippen LogP contribution in [0.3, 0.4) is 0 Å². The molecule has 5 rings (SSSR count). The van der Waals surface area contributed by atoms with Crippen LogP contribution in [0.2, 0.25) is 0 Å². The Morgan fingerprint density at radius 2 is 1.71 bits per heavy atom. The van der Waals surface area contributed by atoms with E-state index in [2.05, 4.69) is 55.0 Å². The Morgan fingerprint density at radius 3 is 2.36 bits per heavy atom. The highest BCUT2D eigenvalue weighted by Crippen LogP contribution is 2.35. The second-order valence-corrected chi connectivity index (χ2v) is 11.1. The van der Waals surface area contributed by atoms with E-state index in [1.807, 2.05) is 44.2 Å². The SMILES string of the molecule is CCOC(=O)c1cnc(N2CCN(Cc3cccc(Br)c3)CC2)nc1Oc1c(C)cc(-c2ccc(C#N)cc2)cc1C. The van der Waals surface area contributed by atoms with Crippen LogP contribution < -0.4 is 9.64 Å². The molecule has 1 aromatic heterocycles. The number of nitriles is 1. The Kier molecular flexibility index (Phi) is 9.15. The van der Waals surface area contributed by atoms with E-state index in [-0.39, 0.29) is 18.1 Å². The molecule has 214 valence electrons. The molecule has 0 saturated carbocycles. The van der Waals surface area contributed by atoms with Gasteiger partial charge in [0.2, 0.25) is 11.8 Å². The fourth-order valence-electron chi connectivity index (χ4n) is 5.05. The minimum Gasteiger partial charge on any atom is -0.462 e. The minimum absolute atomic E-state index is 0.173. The van der Waals surface area contributed by atoms with Gasteiger partial charge in [-0.15, -0.1) is 0 Å². The second kappa shape index (κ2) is 13.1. The Hall–Kier alpha value is -4.26. The average molecular weight is 627 g/mol. The topological polar surface area (TPSA) is 91.6 Å². The number of carbonyl (C=O) groups excluding carboxylic acids is 1. The summed E-state index contributed by atoms with van der Waals surface area (Å²) in [7, 11) is 0. The summed E-state index contributed by atoms with van der Waals surface area (Å²) in [5, 5.41) is 9.12. The van der Waals surface area contributed by atoms with Crippen LogP contribution in [0.25, 0.3) is 11.1 Å². The molecule has 0 bridgehead atoms. The number of esters is 1. The maximum atomic E-state index is 12.8. The molecule has 9 heteroatoms. The van der Waals surface area contributed by atoms with Gasteiger partial charge in [-0.2, -0.15) is 10.2 Å². The van der Waals surface area contributed by atoms with Gasteiger partial charge in [0.15, 0.2) is 0 Å². The van der Waals surface area contributed by atoms with Gasteiger partial charge in [0.1, 0.15) is 11.3 Å². The molecule has 0 atom stereocenters. The monoisotopic (exact) mass is 625 g/mol. The zero-order chi connectivity index (χ0) is 29.6. The maximum Gasteiger partial charge on any atom is 0.345 e. The minimum atomic E-state index is -0.526. The van der Waals surface area contributed by atoms with Crippen molar-refractivity contribution < 1.29 is 14.3 Å². The van der Waals surface area contributed by atoms with Crippen LogP contribution in [0.1, 0.15) is 39.5 Å². The van der Waals surface area contributed by atoms with Crippen LogP contribution >= 0.6 is 15.9 Å². The van der Waals surface area contributed by atoms with Crippen molar-refractivity contribution in [3.63, 3.8) is 0 Å². The van der Waals surface area contributed by atoms with Crippen molar-refractivity contribution in [3.05, 3.63) is 99.2 Å². The number of aromatic nitrogens is 2. The smallest absolute Gasteiger partial charge is 0.345 e. The van der Waals surface area contributed by atoms with Crippen LogP contribution in [-0.2, 0) is 11.3 Å². The first-order chi connectivity index (χ1) is 20.3. The van der Waals surface area contributed by atoms with Gasteiger partial charge >= 0.3 is 5.97 Å². The fourth-order valence-corrected chi connectivity index (χ4v) is 5.49. The van der Waals surface area contributed by atoms with Crippen LogP contribution in [0.4, 0.5) is 5.95 Å². The molecule has 3 aromatic carbocycles. The first kappa shape index (κ1) is 29.2. The Morgan fingerprint density at radius 1 is 1.00 bits per heavy atom. The zero-order valence-electron chi connectivity index (χ0n) is 23.9. The molecule has 1 saturated heterocycles. The Balaban J connectivity index is 1.37. The number of aryl methyl sites for hydroxylation is 2. The number of ether oxygens (including phenoxy) is 2. The summed E-state index contributed by atoms with van der Waals surface area (Å²) in [6.07, 6.45) is 1.50. The second-order valence-electron chi connectivity index (χ2n) is 10.2. The lowest BCUT2D eigenvalue weighted by Gasteiger charge is -2.34. The summed E-state index contributed by atoms with van der Waals surface area (Å²) < 4.78 is 12.7. The largest absolute Gasteiger partial charge is 0.462 e. The Labute approximate surface area is 254 Å². The highest BCUT2D eigenvalue weighted by molar-refractivity contribution is 9.10. The normalized spacial score (nSPS) is 13.5.